The lowest BCUT2D eigenvalue weighted by Crippen LogP contribution is -2.26. The fourth-order valence-electron chi connectivity index (χ4n) is 2.17. The maximum Gasteiger partial charge on any atom is 0.514 e. The third kappa shape index (κ3) is 6.55. The Kier molecular flexibility index (Phi) is 5.80. The lowest BCUT2D eigenvalue weighted by molar-refractivity contribution is 0.0204. The Labute approximate surface area is 152 Å². The zero-order valence-electron chi connectivity index (χ0n) is 14.9. The van der Waals surface area contributed by atoms with Crippen molar-refractivity contribution in [1.29, 1.82) is 0 Å². The van der Waals surface area contributed by atoms with Gasteiger partial charge in [-0.3, -0.25) is 4.72 Å². The van der Waals surface area contributed by atoms with Gasteiger partial charge in [0.15, 0.2) is 0 Å². The molecular weight excluding hydrogens is 362 g/mol. The molecule has 0 aliphatic heterocycles. The summed E-state index contributed by atoms with van der Waals surface area (Å²) in [6, 6.07) is 3.66. The van der Waals surface area contributed by atoms with E-state index in [1.54, 1.807) is 20.8 Å². The summed E-state index contributed by atoms with van der Waals surface area (Å²) in [5, 5.41) is 9.31. The van der Waals surface area contributed by atoms with Gasteiger partial charge in [-0.1, -0.05) is 12.8 Å². The van der Waals surface area contributed by atoms with E-state index >= 15 is 0 Å². The Hall–Kier alpha value is -2.29. The Morgan fingerprint density at radius 3 is 2.46 bits per heavy atom. The van der Waals surface area contributed by atoms with Gasteiger partial charge in [0.05, 0.1) is 5.75 Å². The van der Waals surface area contributed by atoms with Gasteiger partial charge in [0, 0.05) is 5.69 Å². The minimum absolute atomic E-state index is 0.0176. The molecule has 0 atom stereocenters. The van der Waals surface area contributed by atoms with Crippen molar-refractivity contribution in [3.05, 3.63) is 23.8 Å². The van der Waals surface area contributed by atoms with Crippen LogP contribution in [0.5, 0.6) is 5.75 Å². The molecule has 1 fully saturated rings. The highest BCUT2D eigenvalue weighted by Gasteiger charge is 2.25. The molecule has 1 aromatic rings. The molecule has 8 nitrogen and oxygen atoms in total. The summed E-state index contributed by atoms with van der Waals surface area (Å²) in [6.07, 6.45) is 1.64. The second-order valence-electron chi connectivity index (χ2n) is 7.24. The maximum atomic E-state index is 12.1. The number of carbonyl (C=O) groups is 2. The smallest absolute Gasteiger partial charge is 0.478 e. The normalized spacial score (nSPS) is 14.6. The summed E-state index contributed by atoms with van der Waals surface area (Å²) >= 11 is 0. The number of carboxylic acid groups (broad SMARTS) is 1. The summed E-state index contributed by atoms with van der Waals surface area (Å²) in [6.45, 7) is 4.93. The number of benzene rings is 1. The second kappa shape index (κ2) is 7.53. The number of hydrogen-bond acceptors (Lipinski definition) is 6. The number of carboxylic acids is 1. The van der Waals surface area contributed by atoms with Crippen LogP contribution in [0.15, 0.2) is 18.2 Å². The average molecular weight is 385 g/mol. The van der Waals surface area contributed by atoms with Crippen LogP contribution in [0.1, 0.15) is 50.4 Å². The number of rotatable bonds is 7. The van der Waals surface area contributed by atoms with Crippen molar-refractivity contribution in [3.8, 4) is 5.75 Å². The van der Waals surface area contributed by atoms with Crippen molar-refractivity contribution in [1.82, 2.24) is 0 Å². The molecule has 0 aromatic heterocycles. The number of ether oxygens (including phenoxy) is 2. The van der Waals surface area contributed by atoms with Crippen LogP contribution in [-0.4, -0.2) is 37.0 Å². The van der Waals surface area contributed by atoms with Gasteiger partial charge in [0.2, 0.25) is 10.0 Å². The first-order chi connectivity index (χ1) is 12.0. The van der Waals surface area contributed by atoms with E-state index in [4.69, 9.17) is 9.47 Å². The predicted molar refractivity (Wildman–Crippen MR) is 95.0 cm³/mol. The first kappa shape index (κ1) is 20.0. The Morgan fingerprint density at radius 1 is 1.27 bits per heavy atom. The molecule has 0 radical (unpaired) electrons. The standard InChI is InChI=1S/C17H23NO7S/c1-17(2,3)25-16(21)24-14-7-6-12(10-13(14)15(19)20)18-26(22,23)9-8-11-4-5-11/h6-7,10-11,18H,4-5,8-9H2,1-3H3,(H,19,20). The van der Waals surface area contributed by atoms with Crippen LogP contribution in [0.4, 0.5) is 10.5 Å². The SMILES string of the molecule is CC(C)(C)OC(=O)Oc1ccc(NS(=O)(=O)CCC2CC2)cc1C(=O)O. The molecule has 9 heteroatoms. The van der Waals surface area contributed by atoms with E-state index in [-0.39, 0.29) is 22.8 Å². The molecule has 0 amide bonds. The molecule has 144 valence electrons. The van der Waals surface area contributed by atoms with Gasteiger partial charge in [-0.15, -0.1) is 0 Å². The average Bonchev–Trinajstić information content (AvgIpc) is 3.28. The van der Waals surface area contributed by atoms with Crippen molar-refractivity contribution < 1.29 is 32.6 Å². The van der Waals surface area contributed by atoms with Crippen LogP contribution in [0.3, 0.4) is 0 Å². The van der Waals surface area contributed by atoms with Gasteiger partial charge in [-0.05, 0) is 51.3 Å². The van der Waals surface area contributed by atoms with Crippen LogP contribution in [-0.2, 0) is 14.8 Å². The predicted octanol–water partition coefficient (Wildman–Crippen LogP) is 3.24. The van der Waals surface area contributed by atoms with Gasteiger partial charge in [0.1, 0.15) is 16.9 Å². The van der Waals surface area contributed by atoms with Crippen molar-refractivity contribution in [3.63, 3.8) is 0 Å². The van der Waals surface area contributed by atoms with Gasteiger partial charge < -0.3 is 14.6 Å². The van der Waals surface area contributed by atoms with Gasteiger partial charge in [0.25, 0.3) is 0 Å². The topological polar surface area (TPSA) is 119 Å². The molecule has 2 rings (SSSR count). The summed E-state index contributed by atoms with van der Waals surface area (Å²) in [7, 11) is -3.57. The Balaban J connectivity index is 2.12. The number of anilines is 1. The first-order valence-electron chi connectivity index (χ1n) is 8.24. The summed E-state index contributed by atoms with van der Waals surface area (Å²) < 4.78 is 36.4. The van der Waals surface area contributed by atoms with Crippen LogP contribution in [0, 0.1) is 5.92 Å². The third-order valence-corrected chi connectivity index (χ3v) is 4.88. The van der Waals surface area contributed by atoms with E-state index in [1.165, 1.54) is 12.1 Å². The Morgan fingerprint density at radius 2 is 1.92 bits per heavy atom. The Bertz CT molecular complexity index is 792. The molecule has 26 heavy (non-hydrogen) atoms. The van der Waals surface area contributed by atoms with E-state index in [0.717, 1.165) is 18.9 Å². The summed E-state index contributed by atoms with van der Waals surface area (Å²) in [4.78, 5) is 23.1. The maximum absolute atomic E-state index is 12.1. The van der Waals surface area contributed by atoms with Crippen LogP contribution < -0.4 is 9.46 Å². The van der Waals surface area contributed by atoms with E-state index in [0.29, 0.717) is 12.3 Å². The van der Waals surface area contributed by atoms with Gasteiger partial charge >= 0.3 is 12.1 Å². The molecular formula is C17H23NO7S. The highest BCUT2D eigenvalue weighted by molar-refractivity contribution is 7.92. The lowest BCUT2D eigenvalue weighted by atomic mass is 10.2. The van der Waals surface area contributed by atoms with Crippen molar-refractivity contribution >= 4 is 27.8 Å². The van der Waals surface area contributed by atoms with Crippen LogP contribution in [0.2, 0.25) is 0 Å². The molecule has 1 saturated carbocycles. The minimum atomic E-state index is -3.57. The van der Waals surface area contributed by atoms with Crippen LogP contribution in [0.25, 0.3) is 0 Å². The lowest BCUT2D eigenvalue weighted by Gasteiger charge is -2.19. The number of sulfonamides is 1. The third-order valence-electron chi connectivity index (χ3n) is 3.56. The number of carbonyl (C=O) groups excluding carboxylic acids is 1. The summed E-state index contributed by atoms with van der Waals surface area (Å²) in [5.74, 6) is -1.14. The first-order valence-corrected chi connectivity index (χ1v) is 9.89. The molecule has 1 aromatic carbocycles. The van der Waals surface area contributed by atoms with Crippen molar-refractivity contribution in [2.75, 3.05) is 10.5 Å². The van der Waals surface area contributed by atoms with Crippen LogP contribution >= 0.6 is 0 Å². The fraction of sp³-hybridized carbons (Fsp3) is 0.529. The van der Waals surface area contributed by atoms with Gasteiger partial charge in [-0.2, -0.15) is 0 Å². The van der Waals surface area contributed by atoms with Crippen molar-refractivity contribution in [2.24, 2.45) is 5.92 Å². The minimum Gasteiger partial charge on any atom is -0.478 e. The molecule has 1 aliphatic rings. The second-order valence-corrected chi connectivity index (χ2v) is 9.08. The highest BCUT2D eigenvalue weighted by atomic mass is 32.2. The quantitative estimate of drug-likeness (QED) is 0.546. The molecule has 1 aliphatic carbocycles. The van der Waals surface area contributed by atoms with E-state index < -0.39 is 27.7 Å². The number of hydrogen-bond donors (Lipinski definition) is 2. The van der Waals surface area contributed by atoms with E-state index in [2.05, 4.69) is 4.72 Å². The largest absolute Gasteiger partial charge is 0.514 e. The molecule has 0 spiro atoms. The molecule has 0 bridgehead atoms. The monoisotopic (exact) mass is 385 g/mol. The van der Waals surface area contributed by atoms with Gasteiger partial charge in [-0.25, -0.2) is 18.0 Å². The zero-order chi connectivity index (χ0) is 19.5. The molecule has 0 heterocycles. The summed E-state index contributed by atoms with van der Waals surface area (Å²) in [5.41, 5.74) is -1.05. The zero-order valence-corrected chi connectivity index (χ0v) is 15.8. The molecule has 2 N–H and O–H groups in total. The molecule has 0 unspecified atom stereocenters. The fourth-order valence-corrected chi connectivity index (χ4v) is 3.40. The number of nitrogens with one attached hydrogen (secondary N) is 1. The number of aromatic carboxylic acids is 1. The van der Waals surface area contributed by atoms with Crippen molar-refractivity contribution in [2.45, 2.75) is 45.6 Å². The highest BCUT2D eigenvalue weighted by Crippen LogP contribution is 2.33. The van der Waals surface area contributed by atoms with E-state index in [9.17, 15) is 23.1 Å². The molecule has 0 saturated heterocycles. The van der Waals surface area contributed by atoms with E-state index in [1.807, 2.05) is 0 Å².